The van der Waals surface area contributed by atoms with Crippen LogP contribution < -0.4 is 0 Å². The first-order valence-electron chi connectivity index (χ1n) is 1.00. The van der Waals surface area contributed by atoms with Crippen LogP contribution in [0.1, 0.15) is 0 Å². The van der Waals surface area contributed by atoms with Gasteiger partial charge in [0.1, 0.15) is 0 Å². The summed E-state index contributed by atoms with van der Waals surface area (Å²) in [6.45, 7) is 2.14. The molecule has 0 unspecified atom stereocenters. The van der Waals surface area contributed by atoms with E-state index in [0.29, 0.717) is 0 Å². The third kappa shape index (κ3) is 44.8. The predicted molar refractivity (Wildman–Crippen MR) is 15.8 cm³/mol. The Balaban J connectivity index is -0.000000000500. The molecule has 0 aliphatic heterocycles. The molecule has 48 valence electrons. The summed E-state index contributed by atoms with van der Waals surface area (Å²) < 4.78 is 0. The van der Waals surface area contributed by atoms with Crippen molar-refractivity contribution in [1.82, 2.24) is 0 Å². The van der Waals surface area contributed by atoms with E-state index in [9.17, 15) is 0 Å². The summed E-state index contributed by atoms with van der Waals surface area (Å²) in [5.41, 5.74) is 0. The van der Waals surface area contributed by atoms with Crippen LogP contribution in [0.15, 0.2) is 0 Å². The molecule has 0 aromatic heterocycles. The normalized spacial score (nSPS) is 1.29. The molecule has 7 heavy (non-hydrogen) atoms. The molecule has 6 heteroatoms. The zero-order chi connectivity index (χ0) is 2.00. The molecule has 0 saturated heterocycles. The minimum Gasteiger partial charge on any atom is -0.0777 e. The number of hydrogen-bond acceptors (Lipinski definition) is 0. The molecule has 0 rings (SSSR count). The fraction of sp³-hybridized carbons (Fsp3) is 1.00. The van der Waals surface area contributed by atoms with E-state index in [1.54, 1.807) is 0 Å². The van der Waals surface area contributed by atoms with Crippen molar-refractivity contribution in [3.8, 4) is 0 Å². The standard InChI is InChI=1S/CH6Si.Co.Cr.Cu.Ti.Zr/c1-2;;;;;/h1-2H3;;;;;. The van der Waals surface area contributed by atoms with Crippen molar-refractivity contribution >= 4 is 10.2 Å². The van der Waals surface area contributed by atoms with Gasteiger partial charge in [-0.3, -0.25) is 0 Å². The Kier molecular flexibility index (Phi) is 393. The zero-order valence-electron chi connectivity index (χ0n) is 4.04. The van der Waals surface area contributed by atoms with Gasteiger partial charge in [-0.2, -0.15) is 0 Å². The van der Waals surface area contributed by atoms with Crippen LogP contribution >= 0.6 is 0 Å². The van der Waals surface area contributed by atoms with Gasteiger partial charge < -0.3 is 0 Å². The zero-order valence-corrected chi connectivity index (χ0v) is 13.3. The summed E-state index contributed by atoms with van der Waals surface area (Å²) >= 11 is 0. The number of hydrogen-bond donors (Lipinski definition) is 0. The SMILES string of the molecule is C[SiH3].[Co].[Cr].[Cu].[Ti].[Zr]. The van der Waals surface area contributed by atoms with Crippen molar-refractivity contribution in [2.24, 2.45) is 0 Å². The Labute approximate surface area is 114 Å². The third-order valence-corrected chi connectivity index (χ3v) is 0. The van der Waals surface area contributed by atoms with Gasteiger partial charge >= 0.3 is 0 Å². The maximum Gasteiger partial charge on any atom is 0 e. The minimum atomic E-state index is 0. The van der Waals surface area contributed by atoms with E-state index in [0.717, 1.165) is 0 Å². The molecule has 0 aliphatic carbocycles. The van der Waals surface area contributed by atoms with Gasteiger partial charge in [-0.1, -0.05) is 6.55 Å². The van der Waals surface area contributed by atoms with Gasteiger partial charge in [0.15, 0.2) is 0 Å². The van der Waals surface area contributed by atoms with Crippen LogP contribution in [0.25, 0.3) is 0 Å². The van der Waals surface area contributed by atoms with Crippen molar-refractivity contribution < 1.29 is 99.1 Å². The van der Waals surface area contributed by atoms with E-state index in [4.69, 9.17) is 0 Å². The van der Waals surface area contributed by atoms with Crippen LogP contribution in [-0.4, -0.2) is 10.2 Å². The molecule has 0 aliphatic rings. The fourth-order valence-electron chi connectivity index (χ4n) is 0. The minimum absolute atomic E-state index is 0. The Morgan fingerprint density at radius 3 is 1.14 bits per heavy atom. The van der Waals surface area contributed by atoms with Crippen molar-refractivity contribution in [3.63, 3.8) is 0 Å². The third-order valence-electron chi connectivity index (χ3n) is 0. The van der Waals surface area contributed by atoms with Gasteiger partial charge in [-0.25, -0.2) is 0 Å². The van der Waals surface area contributed by atoms with E-state index in [-0.39, 0.29) is 99.1 Å². The van der Waals surface area contributed by atoms with E-state index in [2.05, 4.69) is 6.55 Å². The van der Waals surface area contributed by atoms with Crippen molar-refractivity contribution in [2.45, 2.75) is 6.55 Å². The van der Waals surface area contributed by atoms with Crippen molar-refractivity contribution in [1.29, 1.82) is 0 Å². The Bertz CT molecular complexity index is 19.7. The molecule has 0 bridgehead atoms. The molecule has 0 nitrogen and oxygen atoms in total. The van der Waals surface area contributed by atoms with Crippen LogP contribution in [-0.2, 0) is 99.1 Å². The van der Waals surface area contributed by atoms with Gasteiger partial charge in [-0.05, 0) is 10.2 Å². The molecular formula is CH6CoCrCuSiTiZr. The quantitative estimate of drug-likeness (QED) is 0.506. The predicted octanol–water partition coefficient (Wildman–Crippen LogP) is -0.613. The summed E-state index contributed by atoms with van der Waals surface area (Å²) in [6.07, 6.45) is 0. The molecule has 0 saturated carbocycles. The van der Waals surface area contributed by atoms with Crippen LogP contribution in [0.3, 0.4) is 0 Å². The van der Waals surface area contributed by atoms with Crippen molar-refractivity contribution in [3.05, 3.63) is 0 Å². The van der Waals surface area contributed by atoms with Crippen LogP contribution in [0, 0.1) is 0 Å². The first-order chi connectivity index (χ1) is 1.00. The molecule has 0 N–H and O–H groups in total. The summed E-state index contributed by atoms with van der Waals surface area (Å²) in [7, 11) is 1.31. The Morgan fingerprint density at radius 2 is 1.14 bits per heavy atom. The molecule has 0 fully saturated rings. The summed E-state index contributed by atoms with van der Waals surface area (Å²) in [5.74, 6) is 0. The second-order valence-electron chi connectivity index (χ2n) is 0. The molecule has 0 atom stereocenters. The largest absolute Gasteiger partial charge is 0.0777 e. The van der Waals surface area contributed by atoms with Gasteiger partial charge in [0.2, 0.25) is 0 Å². The van der Waals surface area contributed by atoms with Gasteiger partial charge in [0, 0.05) is 99.1 Å². The second-order valence-corrected chi connectivity index (χ2v) is 0. The fourth-order valence-corrected chi connectivity index (χ4v) is 0. The molecule has 0 aromatic carbocycles. The topological polar surface area (TPSA) is 0 Å². The van der Waals surface area contributed by atoms with Crippen LogP contribution in [0.5, 0.6) is 0 Å². The first-order valence-corrected chi connectivity index (χ1v) is 3.00. The van der Waals surface area contributed by atoms with Crippen LogP contribution in [0.2, 0.25) is 6.55 Å². The molecular weight excluding hydrogens is 354 g/mol. The van der Waals surface area contributed by atoms with E-state index < -0.39 is 0 Å². The monoisotopic (exact) mass is 358 g/mol. The molecule has 0 spiro atoms. The van der Waals surface area contributed by atoms with E-state index in [1.807, 2.05) is 0 Å². The van der Waals surface area contributed by atoms with Gasteiger partial charge in [0.05, 0.1) is 0 Å². The summed E-state index contributed by atoms with van der Waals surface area (Å²) in [4.78, 5) is 0. The van der Waals surface area contributed by atoms with E-state index in [1.165, 1.54) is 10.2 Å². The average Bonchev–Trinajstić information content (AvgIpc) is 1.00. The average molecular weight is 360 g/mol. The van der Waals surface area contributed by atoms with Gasteiger partial charge in [0.25, 0.3) is 0 Å². The second kappa shape index (κ2) is 57.8. The first kappa shape index (κ1) is 47.7. The van der Waals surface area contributed by atoms with Gasteiger partial charge in [-0.15, -0.1) is 0 Å². The maximum atomic E-state index is 2.14. The molecule has 0 amide bonds. The Morgan fingerprint density at radius 1 is 1.14 bits per heavy atom. The molecule has 0 aromatic rings. The summed E-state index contributed by atoms with van der Waals surface area (Å²) in [6, 6.07) is 0. The molecule has 2 radical (unpaired) electrons. The van der Waals surface area contributed by atoms with E-state index >= 15 is 0 Å². The molecule has 0 heterocycles. The van der Waals surface area contributed by atoms with Crippen LogP contribution in [0.4, 0.5) is 0 Å². The maximum absolute atomic E-state index is 2.14. The smallest absolute Gasteiger partial charge is 0 e. The van der Waals surface area contributed by atoms with Crippen molar-refractivity contribution in [2.75, 3.05) is 0 Å². The summed E-state index contributed by atoms with van der Waals surface area (Å²) in [5, 5.41) is 0. The number of rotatable bonds is 0. The Hall–Kier alpha value is 3.37.